The van der Waals surface area contributed by atoms with Crippen LogP contribution in [0.25, 0.3) is 0 Å². The van der Waals surface area contributed by atoms with E-state index >= 15 is 0 Å². The Hall–Kier alpha value is -1.25. The Balaban J connectivity index is 3.40. The highest BCUT2D eigenvalue weighted by molar-refractivity contribution is 5.51. The highest BCUT2D eigenvalue weighted by Gasteiger charge is 2.09. The first-order chi connectivity index (χ1) is 5.57. The van der Waals surface area contributed by atoms with Crippen molar-refractivity contribution in [3.63, 3.8) is 0 Å². The van der Waals surface area contributed by atoms with Gasteiger partial charge in [0.05, 0.1) is 12.8 Å². The molecule has 12 heavy (non-hydrogen) atoms. The second kappa shape index (κ2) is 3.01. The minimum Gasteiger partial charge on any atom is -0.495 e. The van der Waals surface area contributed by atoms with Crippen LogP contribution in [0.15, 0.2) is 0 Å². The zero-order valence-corrected chi connectivity index (χ0v) is 7.93. The molecule has 0 unspecified atom stereocenters. The van der Waals surface area contributed by atoms with Gasteiger partial charge in [-0.2, -0.15) is 0 Å². The summed E-state index contributed by atoms with van der Waals surface area (Å²) in [6.45, 7) is 5.82. The Kier molecular flexibility index (Phi) is 2.22. The van der Waals surface area contributed by atoms with E-state index in [4.69, 9.17) is 10.5 Å². The summed E-state index contributed by atoms with van der Waals surface area (Å²) in [5, 5.41) is 0. The van der Waals surface area contributed by atoms with Gasteiger partial charge in [-0.25, -0.2) is 4.98 Å². The third kappa shape index (κ3) is 1.22. The van der Waals surface area contributed by atoms with Crippen LogP contribution < -0.4 is 10.5 Å². The molecule has 0 bridgehead atoms. The maximum Gasteiger partial charge on any atom is 0.143 e. The van der Waals surface area contributed by atoms with Gasteiger partial charge in [-0.3, -0.25) is 0 Å². The number of ether oxygens (including phenoxy) is 1. The molecule has 1 aromatic heterocycles. The zero-order valence-electron chi connectivity index (χ0n) is 7.93. The van der Waals surface area contributed by atoms with Crippen molar-refractivity contribution in [2.75, 3.05) is 12.8 Å². The van der Waals surface area contributed by atoms with Crippen LogP contribution in [0, 0.1) is 20.8 Å². The molecule has 0 saturated carbocycles. The molecule has 66 valence electrons. The van der Waals surface area contributed by atoms with Crippen molar-refractivity contribution in [3.8, 4) is 5.75 Å². The van der Waals surface area contributed by atoms with E-state index in [0.29, 0.717) is 5.82 Å². The van der Waals surface area contributed by atoms with Crippen molar-refractivity contribution in [1.29, 1.82) is 0 Å². The van der Waals surface area contributed by atoms with Crippen LogP contribution in [0.4, 0.5) is 5.82 Å². The summed E-state index contributed by atoms with van der Waals surface area (Å²) in [7, 11) is 1.65. The van der Waals surface area contributed by atoms with Crippen molar-refractivity contribution >= 4 is 5.82 Å². The summed E-state index contributed by atoms with van der Waals surface area (Å²) in [4.78, 5) is 4.16. The molecule has 1 heterocycles. The summed E-state index contributed by atoms with van der Waals surface area (Å²) in [5.74, 6) is 1.42. The fourth-order valence-corrected chi connectivity index (χ4v) is 1.25. The summed E-state index contributed by atoms with van der Waals surface area (Å²) in [6, 6.07) is 0. The Morgan fingerprint density at radius 3 is 2.25 bits per heavy atom. The number of hydrogen-bond donors (Lipinski definition) is 1. The number of methoxy groups -OCH3 is 1. The molecule has 0 aliphatic heterocycles. The summed E-state index contributed by atoms with van der Waals surface area (Å²) in [5.41, 5.74) is 8.59. The summed E-state index contributed by atoms with van der Waals surface area (Å²) < 4.78 is 5.19. The molecule has 0 spiro atoms. The van der Waals surface area contributed by atoms with Gasteiger partial charge in [-0.1, -0.05) is 0 Å². The van der Waals surface area contributed by atoms with E-state index in [2.05, 4.69) is 4.98 Å². The molecule has 1 rings (SSSR count). The van der Waals surface area contributed by atoms with E-state index < -0.39 is 0 Å². The smallest absolute Gasteiger partial charge is 0.143 e. The van der Waals surface area contributed by atoms with Gasteiger partial charge in [-0.15, -0.1) is 0 Å². The van der Waals surface area contributed by atoms with Crippen molar-refractivity contribution in [2.45, 2.75) is 20.8 Å². The van der Waals surface area contributed by atoms with Gasteiger partial charge in [-0.05, 0) is 31.9 Å². The standard InChI is InChI=1S/C9H14N2O/c1-5-6(2)9(10)11-7(3)8(5)12-4/h1-4H3,(H2,10,11). The molecule has 2 N–H and O–H groups in total. The molecule has 0 saturated heterocycles. The lowest BCUT2D eigenvalue weighted by atomic mass is 10.1. The maximum absolute atomic E-state index is 5.68. The van der Waals surface area contributed by atoms with Crippen molar-refractivity contribution in [3.05, 3.63) is 16.8 Å². The lowest BCUT2D eigenvalue weighted by Crippen LogP contribution is -2.02. The first-order valence-corrected chi connectivity index (χ1v) is 3.85. The van der Waals surface area contributed by atoms with Crippen LogP contribution in [0.1, 0.15) is 16.8 Å². The number of nitrogens with two attached hydrogens (primary N) is 1. The van der Waals surface area contributed by atoms with Crippen LogP contribution >= 0.6 is 0 Å². The lowest BCUT2D eigenvalue weighted by molar-refractivity contribution is 0.406. The molecule has 0 aliphatic carbocycles. The molecule has 1 aromatic rings. The average molecular weight is 166 g/mol. The first-order valence-electron chi connectivity index (χ1n) is 3.85. The highest BCUT2D eigenvalue weighted by Crippen LogP contribution is 2.26. The summed E-state index contributed by atoms with van der Waals surface area (Å²) in [6.07, 6.45) is 0. The molecular formula is C9H14N2O. The van der Waals surface area contributed by atoms with Crippen molar-refractivity contribution < 1.29 is 4.74 Å². The van der Waals surface area contributed by atoms with E-state index in [9.17, 15) is 0 Å². The van der Waals surface area contributed by atoms with Gasteiger partial charge in [0.15, 0.2) is 0 Å². The average Bonchev–Trinajstić information content (AvgIpc) is 2.01. The predicted molar refractivity (Wildman–Crippen MR) is 49.4 cm³/mol. The minimum absolute atomic E-state index is 0.589. The fourth-order valence-electron chi connectivity index (χ4n) is 1.25. The normalized spacial score (nSPS) is 10.0. The topological polar surface area (TPSA) is 48.1 Å². The van der Waals surface area contributed by atoms with Crippen LogP contribution in [0.2, 0.25) is 0 Å². The van der Waals surface area contributed by atoms with Gasteiger partial charge >= 0.3 is 0 Å². The summed E-state index contributed by atoms with van der Waals surface area (Å²) >= 11 is 0. The van der Waals surface area contributed by atoms with Crippen LogP contribution in [-0.4, -0.2) is 12.1 Å². The Labute approximate surface area is 72.6 Å². The first kappa shape index (κ1) is 8.84. The number of nitrogen functional groups attached to an aromatic ring is 1. The molecular weight excluding hydrogens is 152 g/mol. The van der Waals surface area contributed by atoms with E-state index in [1.807, 2.05) is 20.8 Å². The highest BCUT2D eigenvalue weighted by atomic mass is 16.5. The maximum atomic E-state index is 5.68. The SMILES string of the molecule is COc1c(C)nc(N)c(C)c1C. The molecule has 0 atom stereocenters. The van der Waals surface area contributed by atoms with Crippen LogP contribution in [0.3, 0.4) is 0 Å². The molecule has 0 fully saturated rings. The number of pyridine rings is 1. The quantitative estimate of drug-likeness (QED) is 0.689. The number of anilines is 1. The zero-order chi connectivity index (χ0) is 9.30. The minimum atomic E-state index is 0.589. The predicted octanol–water partition coefficient (Wildman–Crippen LogP) is 1.60. The second-order valence-electron chi connectivity index (χ2n) is 2.87. The fraction of sp³-hybridized carbons (Fsp3) is 0.444. The number of aromatic nitrogens is 1. The molecule has 0 radical (unpaired) electrons. The number of aryl methyl sites for hydroxylation is 1. The second-order valence-corrected chi connectivity index (χ2v) is 2.87. The van der Waals surface area contributed by atoms with E-state index in [1.165, 1.54) is 0 Å². The van der Waals surface area contributed by atoms with E-state index in [1.54, 1.807) is 7.11 Å². The van der Waals surface area contributed by atoms with Gasteiger partial charge < -0.3 is 10.5 Å². The van der Waals surface area contributed by atoms with Crippen LogP contribution in [0.5, 0.6) is 5.75 Å². The van der Waals surface area contributed by atoms with Gasteiger partial charge in [0, 0.05) is 0 Å². The Bertz CT molecular complexity index is 308. The monoisotopic (exact) mass is 166 g/mol. The number of nitrogens with zero attached hydrogens (tertiary/aromatic N) is 1. The van der Waals surface area contributed by atoms with E-state index in [0.717, 1.165) is 22.6 Å². The van der Waals surface area contributed by atoms with Crippen molar-refractivity contribution in [2.24, 2.45) is 0 Å². The third-order valence-corrected chi connectivity index (χ3v) is 2.11. The molecule has 0 aliphatic rings. The Morgan fingerprint density at radius 1 is 1.17 bits per heavy atom. The largest absolute Gasteiger partial charge is 0.495 e. The van der Waals surface area contributed by atoms with Gasteiger partial charge in [0.2, 0.25) is 0 Å². The molecule has 3 heteroatoms. The van der Waals surface area contributed by atoms with Gasteiger partial charge in [0.1, 0.15) is 11.6 Å². The van der Waals surface area contributed by atoms with E-state index in [-0.39, 0.29) is 0 Å². The third-order valence-electron chi connectivity index (χ3n) is 2.11. The number of hydrogen-bond acceptors (Lipinski definition) is 3. The molecule has 0 amide bonds. The Morgan fingerprint density at radius 2 is 1.75 bits per heavy atom. The lowest BCUT2D eigenvalue weighted by Gasteiger charge is -2.11. The van der Waals surface area contributed by atoms with Crippen molar-refractivity contribution in [1.82, 2.24) is 4.98 Å². The van der Waals surface area contributed by atoms with Gasteiger partial charge in [0.25, 0.3) is 0 Å². The molecule has 3 nitrogen and oxygen atoms in total. The molecule has 0 aromatic carbocycles. The number of rotatable bonds is 1. The van der Waals surface area contributed by atoms with Crippen LogP contribution in [-0.2, 0) is 0 Å².